The van der Waals surface area contributed by atoms with E-state index >= 15 is 0 Å². The van der Waals surface area contributed by atoms with Crippen LogP contribution in [0.5, 0.6) is 11.5 Å². The molecule has 0 saturated carbocycles. The quantitative estimate of drug-likeness (QED) is 0.690. The first-order valence-corrected chi connectivity index (χ1v) is 11.3. The summed E-state index contributed by atoms with van der Waals surface area (Å²) in [5.74, 6) is 1.23. The number of rotatable bonds is 7. The molecule has 172 valence electrons. The molecular weight excluding hydrogens is 418 g/mol. The third-order valence-corrected chi connectivity index (χ3v) is 6.00. The molecule has 0 aliphatic carbocycles. The number of ether oxygens (including phenoxy) is 2. The molecule has 1 saturated heterocycles. The van der Waals surface area contributed by atoms with Gasteiger partial charge in [0.2, 0.25) is 11.8 Å². The summed E-state index contributed by atoms with van der Waals surface area (Å²) in [6, 6.07) is 3.59. The molecule has 2 aliphatic heterocycles. The van der Waals surface area contributed by atoms with Crippen LogP contribution in [0, 0.1) is 11.3 Å². The summed E-state index contributed by atoms with van der Waals surface area (Å²) in [6.07, 6.45) is 1.63. The van der Waals surface area contributed by atoms with Crippen LogP contribution in [-0.2, 0) is 16.0 Å². The van der Waals surface area contributed by atoms with E-state index in [-0.39, 0.29) is 29.6 Å². The number of likely N-dealkylation sites (tertiary alicyclic amines) is 1. The number of amides is 2. The molecule has 0 aromatic heterocycles. The van der Waals surface area contributed by atoms with Crippen molar-refractivity contribution >= 4 is 23.4 Å². The van der Waals surface area contributed by atoms with Crippen molar-refractivity contribution in [1.82, 2.24) is 15.1 Å². The van der Waals surface area contributed by atoms with Crippen LogP contribution in [0.3, 0.4) is 0 Å². The fourth-order valence-electron chi connectivity index (χ4n) is 4.33. The van der Waals surface area contributed by atoms with Crippen LogP contribution in [0.4, 0.5) is 0 Å². The van der Waals surface area contributed by atoms with Crippen LogP contribution in [-0.4, -0.2) is 75.1 Å². The van der Waals surface area contributed by atoms with E-state index in [4.69, 9.17) is 21.1 Å². The highest BCUT2D eigenvalue weighted by molar-refractivity contribution is 6.32. The highest BCUT2D eigenvalue weighted by atomic mass is 35.5. The lowest BCUT2D eigenvalue weighted by Gasteiger charge is -2.33. The van der Waals surface area contributed by atoms with Crippen LogP contribution >= 0.6 is 11.6 Å². The summed E-state index contributed by atoms with van der Waals surface area (Å²) in [7, 11) is 4.07. The van der Waals surface area contributed by atoms with E-state index in [1.807, 2.05) is 25.1 Å². The monoisotopic (exact) mass is 451 g/mol. The summed E-state index contributed by atoms with van der Waals surface area (Å²) >= 11 is 6.28. The van der Waals surface area contributed by atoms with Crippen LogP contribution < -0.4 is 14.8 Å². The molecule has 0 spiro atoms. The SMILES string of the molecule is CN(C)CC(C)(C)CNC(=O)C1CCN(C(=O)Cc2cc(Cl)c3c(c2)OCCO3)CC1. The van der Waals surface area contributed by atoms with Gasteiger partial charge >= 0.3 is 0 Å². The average molecular weight is 452 g/mol. The van der Waals surface area contributed by atoms with Gasteiger partial charge < -0.3 is 24.6 Å². The Hall–Kier alpha value is -1.99. The lowest BCUT2D eigenvalue weighted by molar-refractivity contribution is -0.135. The van der Waals surface area contributed by atoms with Gasteiger partial charge in [0.25, 0.3) is 0 Å². The van der Waals surface area contributed by atoms with Crippen molar-refractivity contribution in [2.24, 2.45) is 11.3 Å². The number of carbonyl (C=O) groups is 2. The molecule has 0 unspecified atom stereocenters. The number of halogens is 1. The molecule has 2 amide bonds. The molecule has 1 fully saturated rings. The molecular formula is C23H34ClN3O4. The Kier molecular flexibility index (Phi) is 7.70. The number of benzene rings is 1. The number of hydrogen-bond acceptors (Lipinski definition) is 5. The minimum absolute atomic E-state index is 0.0146. The minimum Gasteiger partial charge on any atom is -0.486 e. The highest BCUT2D eigenvalue weighted by Crippen LogP contribution is 2.38. The van der Waals surface area contributed by atoms with Crippen LogP contribution in [0.25, 0.3) is 0 Å². The zero-order valence-electron chi connectivity index (χ0n) is 19.0. The Labute approximate surface area is 190 Å². The molecule has 0 radical (unpaired) electrons. The van der Waals surface area contributed by atoms with Crippen LogP contribution in [0.2, 0.25) is 5.02 Å². The first-order valence-electron chi connectivity index (χ1n) is 10.9. The van der Waals surface area contributed by atoms with Gasteiger partial charge in [-0.15, -0.1) is 0 Å². The van der Waals surface area contributed by atoms with Gasteiger partial charge in [-0.3, -0.25) is 9.59 Å². The van der Waals surface area contributed by atoms with Gasteiger partial charge in [-0.05, 0) is 50.0 Å². The molecule has 0 atom stereocenters. The zero-order chi connectivity index (χ0) is 22.6. The van der Waals surface area contributed by atoms with Gasteiger partial charge in [-0.25, -0.2) is 0 Å². The molecule has 1 aromatic carbocycles. The van der Waals surface area contributed by atoms with Crippen molar-refractivity contribution < 1.29 is 19.1 Å². The number of nitrogens with one attached hydrogen (secondary N) is 1. The van der Waals surface area contributed by atoms with Crippen molar-refractivity contribution in [3.63, 3.8) is 0 Å². The Morgan fingerprint density at radius 3 is 2.55 bits per heavy atom. The first-order chi connectivity index (χ1) is 14.6. The van der Waals surface area contributed by atoms with Gasteiger partial charge in [-0.2, -0.15) is 0 Å². The number of carbonyl (C=O) groups excluding carboxylic acids is 2. The summed E-state index contributed by atoms with van der Waals surface area (Å²) in [4.78, 5) is 29.4. The Morgan fingerprint density at radius 2 is 1.87 bits per heavy atom. The van der Waals surface area contributed by atoms with E-state index in [2.05, 4.69) is 24.1 Å². The van der Waals surface area contributed by atoms with E-state index in [0.29, 0.717) is 62.2 Å². The fraction of sp³-hybridized carbons (Fsp3) is 0.652. The summed E-state index contributed by atoms with van der Waals surface area (Å²) in [6.45, 7) is 7.99. The lowest BCUT2D eigenvalue weighted by atomic mass is 9.91. The average Bonchev–Trinajstić information content (AvgIpc) is 2.71. The van der Waals surface area contributed by atoms with Crippen LogP contribution in [0.1, 0.15) is 32.3 Å². The molecule has 8 heteroatoms. The molecule has 1 aromatic rings. The van der Waals surface area contributed by atoms with Crippen molar-refractivity contribution in [3.05, 3.63) is 22.7 Å². The highest BCUT2D eigenvalue weighted by Gasteiger charge is 2.29. The largest absolute Gasteiger partial charge is 0.486 e. The van der Waals surface area contributed by atoms with Gasteiger partial charge in [0, 0.05) is 32.1 Å². The summed E-state index contributed by atoms with van der Waals surface area (Å²) in [5.41, 5.74) is 0.822. The van der Waals surface area contributed by atoms with Crippen LogP contribution in [0.15, 0.2) is 12.1 Å². The maximum Gasteiger partial charge on any atom is 0.226 e. The maximum atomic E-state index is 12.8. The number of fused-ring (bicyclic) bond motifs is 1. The zero-order valence-corrected chi connectivity index (χ0v) is 19.8. The summed E-state index contributed by atoms with van der Waals surface area (Å²) < 4.78 is 11.1. The Morgan fingerprint density at radius 1 is 1.19 bits per heavy atom. The number of hydrogen-bond donors (Lipinski definition) is 1. The second-order valence-electron chi connectivity index (χ2n) is 9.55. The maximum absolute atomic E-state index is 12.8. The normalized spacial score (nSPS) is 17.0. The molecule has 31 heavy (non-hydrogen) atoms. The molecule has 3 rings (SSSR count). The lowest BCUT2D eigenvalue weighted by Crippen LogP contribution is -2.46. The van der Waals surface area contributed by atoms with E-state index in [1.54, 1.807) is 6.07 Å². The predicted octanol–water partition coefficient (Wildman–Crippen LogP) is 2.60. The Balaban J connectivity index is 1.48. The molecule has 7 nitrogen and oxygen atoms in total. The fourth-order valence-corrected chi connectivity index (χ4v) is 4.61. The predicted molar refractivity (Wildman–Crippen MR) is 121 cm³/mol. The second kappa shape index (κ2) is 10.1. The topological polar surface area (TPSA) is 71.1 Å². The molecule has 2 heterocycles. The minimum atomic E-state index is -0.0389. The molecule has 2 aliphatic rings. The van der Waals surface area contributed by atoms with Gasteiger partial charge in [-0.1, -0.05) is 25.4 Å². The standard InChI is InChI=1S/C23H34ClN3O4/c1-23(2,15-26(3)4)14-25-22(29)17-5-7-27(8-6-17)20(28)13-16-11-18(24)21-19(12-16)30-9-10-31-21/h11-12,17H,5-10,13-15H2,1-4H3,(H,25,29). The van der Waals surface area contributed by atoms with E-state index in [1.165, 1.54) is 0 Å². The van der Waals surface area contributed by atoms with Crippen molar-refractivity contribution in [2.75, 3.05) is 53.5 Å². The van der Waals surface area contributed by atoms with Crippen molar-refractivity contribution in [1.29, 1.82) is 0 Å². The van der Waals surface area contributed by atoms with E-state index < -0.39 is 0 Å². The smallest absolute Gasteiger partial charge is 0.226 e. The van der Waals surface area contributed by atoms with E-state index in [9.17, 15) is 9.59 Å². The number of piperidine rings is 1. The van der Waals surface area contributed by atoms with Gasteiger partial charge in [0.1, 0.15) is 13.2 Å². The third-order valence-electron chi connectivity index (χ3n) is 5.72. The molecule has 1 N–H and O–H groups in total. The van der Waals surface area contributed by atoms with Crippen molar-refractivity contribution in [3.8, 4) is 11.5 Å². The third kappa shape index (κ3) is 6.50. The molecule has 0 bridgehead atoms. The second-order valence-corrected chi connectivity index (χ2v) is 9.96. The Bertz CT molecular complexity index is 804. The number of nitrogens with zero attached hydrogens (tertiary/aromatic N) is 2. The first kappa shape index (κ1) is 23.7. The van der Waals surface area contributed by atoms with Gasteiger partial charge in [0.15, 0.2) is 11.5 Å². The van der Waals surface area contributed by atoms with E-state index in [0.717, 1.165) is 12.1 Å². The summed E-state index contributed by atoms with van der Waals surface area (Å²) in [5, 5.41) is 3.57. The van der Waals surface area contributed by atoms with Crippen molar-refractivity contribution in [2.45, 2.75) is 33.1 Å². The van der Waals surface area contributed by atoms with Gasteiger partial charge in [0.05, 0.1) is 11.4 Å².